The molecule has 0 amide bonds. The third-order valence-corrected chi connectivity index (χ3v) is 7.02. The van der Waals surface area contributed by atoms with Crippen LogP contribution in [0, 0.1) is 0 Å². The molecule has 1 unspecified atom stereocenters. The lowest BCUT2D eigenvalue weighted by atomic mass is 10.1. The molecule has 5 heteroatoms. The summed E-state index contributed by atoms with van der Waals surface area (Å²) in [5, 5.41) is 3.54. The van der Waals surface area contributed by atoms with Gasteiger partial charge < -0.3 is 15.1 Å². The molecule has 2 heterocycles. The molecule has 2 aliphatic rings. The number of rotatable bonds is 4. The number of nitrogens with one attached hydrogen (secondary N) is 1. The maximum Gasteiger partial charge on any atom is 0.0564 e. The number of likely N-dealkylation sites (N-methyl/N-ethyl adjacent to an activating group) is 1. The predicted octanol–water partition coefficient (Wildman–Crippen LogP) is 4.30. The highest BCUT2D eigenvalue weighted by molar-refractivity contribution is 8.00. The van der Waals surface area contributed by atoms with Crippen LogP contribution in [-0.2, 0) is 0 Å². The molecular formula is C20H25N3S2. The van der Waals surface area contributed by atoms with Crippen molar-refractivity contribution in [3.05, 3.63) is 42.5 Å². The van der Waals surface area contributed by atoms with Gasteiger partial charge in [-0.3, -0.25) is 0 Å². The molecule has 4 rings (SSSR count). The fraction of sp³-hybridized carbons (Fsp3) is 0.400. The minimum absolute atomic E-state index is 0.614. The number of thioether (sulfide) groups is 1. The number of hydrogen-bond acceptors (Lipinski definition) is 5. The molecule has 0 aliphatic carbocycles. The van der Waals surface area contributed by atoms with Gasteiger partial charge in [0.05, 0.1) is 11.4 Å². The van der Waals surface area contributed by atoms with E-state index in [0.29, 0.717) is 6.04 Å². The molecule has 2 aromatic rings. The van der Waals surface area contributed by atoms with E-state index < -0.39 is 0 Å². The minimum atomic E-state index is 0.614. The van der Waals surface area contributed by atoms with Gasteiger partial charge in [-0.15, -0.1) is 11.8 Å². The van der Waals surface area contributed by atoms with Gasteiger partial charge >= 0.3 is 0 Å². The molecule has 1 atom stereocenters. The summed E-state index contributed by atoms with van der Waals surface area (Å²) >= 11 is 3.71. The van der Waals surface area contributed by atoms with E-state index in [9.17, 15) is 0 Å². The molecule has 0 bridgehead atoms. The molecule has 132 valence electrons. The van der Waals surface area contributed by atoms with Crippen molar-refractivity contribution in [2.24, 2.45) is 0 Å². The maximum atomic E-state index is 3.54. The zero-order chi connectivity index (χ0) is 17.2. The number of hydrogen-bond donors (Lipinski definition) is 1. The first-order chi connectivity index (χ1) is 12.3. The molecule has 1 fully saturated rings. The normalized spacial score (nSPS) is 20.2. The van der Waals surface area contributed by atoms with Gasteiger partial charge in [-0.25, -0.2) is 0 Å². The largest absolute Gasteiger partial charge is 0.340 e. The number of nitrogens with zero attached hydrogens (tertiary/aromatic N) is 2. The SMILES string of the molecule is CSc1ccc2c(c1)N(CCC1CNCCN1C)c1ccccc1S2. The lowest BCUT2D eigenvalue weighted by Gasteiger charge is -2.37. The monoisotopic (exact) mass is 371 g/mol. The Morgan fingerprint density at radius 2 is 2.00 bits per heavy atom. The molecular weight excluding hydrogens is 346 g/mol. The van der Waals surface area contributed by atoms with Crippen LogP contribution in [0.5, 0.6) is 0 Å². The van der Waals surface area contributed by atoms with Crippen molar-refractivity contribution in [3.63, 3.8) is 0 Å². The highest BCUT2D eigenvalue weighted by Crippen LogP contribution is 2.48. The molecule has 2 aromatic carbocycles. The zero-order valence-corrected chi connectivity index (χ0v) is 16.5. The second-order valence-electron chi connectivity index (χ2n) is 6.68. The maximum absolute atomic E-state index is 3.54. The molecule has 0 aromatic heterocycles. The van der Waals surface area contributed by atoms with Crippen LogP contribution in [0.3, 0.4) is 0 Å². The number of fused-ring (bicyclic) bond motifs is 2. The fourth-order valence-corrected chi connectivity index (χ4v) is 5.15. The van der Waals surface area contributed by atoms with Gasteiger partial charge in [-0.2, -0.15) is 0 Å². The molecule has 1 saturated heterocycles. The van der Waals surface area contributed by atoms with Crippen molar-refractivity contribution < 1.29 is 0 Å². The second kappa shape index (κ2) is 7.62. The van der Waals surface area contributed by atoms with E-state index in [1.807, 2.05) is 23.5 Å². The quantitative estimate of drug-likeness (QED) is 0.805. The van der Waals surface area contributed by atoms with Crippen LogP contribution in [0.25, 0.3) is 0 Å². The number of anilines is 2. The summed E-state index contributed by atoms with van der Waals surface area (Å²) in [6, 6.07) is 16.3. The van der Waals surface area contributed by atoms with Crippen LogP contribution in [0.4, 0.5) is 11.4 Å². The van der Waals surface area contributed by atoms with Gasteiger partial charge in [0.2, 0.25) is 0 Å². The zero-order valence-electron chi connectivity index (χ0n) is 14.9. The number of piperazine rings is 1. The van der Waals surface area contributed by atoms with E-state index in [4.69, 9.17) is 0 Å². The van der Waals surface area contributed by atoms with Gasteiger partial charge in [0.15, 0.2) is 0 Å². The Hall–Kier alpha value is -1.14. The minimum Gasteiger partial charge on any atom is -0.340 e. The van der Waals surface area contributed by atoms with Crippen molar-refractivity contribution in [1.29, 1.82) is 0 Å². The Balaban J connectivity index is 1.63. The molecule has 0 spiro atoms. The third-order valence-electron chi connectivity index (χ3n) is 5.16. The van der Waals surface area contributed by atoms with Crippen LogP contribution in [0.15, 0.2) is 57.2 Å². The van der Waals surface area contributed by atoms with E-state index >= 15 is 0 Å². The van der Waals surface area contributed by atoms with Crippen molar-refractivity contribution in [2.45, 2.75) is 27.1 Å². The lowest BCUT2D eigenvalue weighted by Crippen LogP contribution is -2.50. The summed E-state index contributed by atoms with van der Waals surface area (Å²) in [4.78, 5) is 9.10. The highest BCUT2D eigenvalue weighted by Gasteiger charge is 2.25. The van der Waals surface area contributed by atoms with Crippen LogP contribution >= 0.6 is 23.5 Å². The van der Waals surface area contributed by atoms with Gasteiger partial charge in [0.25, 0.3) is 0 Å². The summed E-state index contributed by atoms with van der Waals surface area (Å²) < 4.78 is 0. The van der Waals surface area contributed by atoms with Crippen LogP contribution in [0.2, 0.25) is 0 Å². The Kier molecular flexibility index (Phi) is 5.27. The summed E-state index contributed by atoms with van der Waals surface area (Å²) in [5.74, 6) is 0. The summed E-state index contributed by atoms with van der Waals surface area (Å²) in [5.41, 5.74) is 2.71. The van der Waals surface area contributed by atoms with Gasteiger partial charge in [-0.05, 0) is 50.1 Å². The number of benzene rings is 2. The molecule has 0 radical (unpaired) electrons. The molecule has 25 heavy (non-hydrogen) atoms. The van der Waals surface area contributed by atoms with Crippen molar-refractivity contribution in [3.8, 4) is 0 Å². The van der Waals surface area contributed by atoms with Crippen LogP contribution in [0.1, 0.15) is 6.42 Å². The average Bonchev–Trinajstić information content (AvgIpc) is 2.66. The predicted molar refractivity (Wildman–Crippen MR) is 110 cm³/mol. The van der Waals surface area contributed by atoms with Gasteiger partial charge in [0.1, 0.15) is 0 Å². The molecule has 2 aliphatic heterocycles. The Bertz CT molecular complexity index is 749. The van der Waals surface area contributed by atoms with E-state index in [-0.39, 0.29) is 0 Å². The molecule has 1 N–H and O–H groups in total. The molecule has 3 nitrogen and oxygen atoms in total. The Morgan fingerprint density at radius 1 is 1.16 bits per heavy atom. The van der Waals surface area contributed by atoms with Gasteiger partial charge in [0, 0.05) is 46.9 Å². The van der Waals surface area contributed by atoms with E-state index in [1.165, 1.54) is 32.5 Å². The lowest BCUT2D eigenvalue weighted by molar-refractivity contribution is 0.192. The summed E-state index contributed by atoms with van der Waals surface area (Å²) in [6.45, 7) is 4.40. The van der Waals surface area contributed by atoms with Crippen molar-refractivity contribution in [1.82, 2.24) is 10.2 Å². The Morgan fingerprint density at radius 3 is 2.84 bits per heavy atom. The van der Waals surface area contributed by atoms with Crippen LogP contribution in [-0.4, -0.2) is 50.4 Å². The topological polar surface area (TPSA) is 18.5 Å². The second-order valence-corrected chi connectivity index (χ2v) is 8.65. The van der Waals surface area contributed by atoms with Crippen molar-refractivity contribution in [2.75, 3.05) is 44.4 Å². The standard InChI is InChI=1S/C20H25N3S2/c1-22-12-10-21-14-15(22)9-11-23-17-5-3-4-6-19(17)25-20-8-7-16(24-2)13-18(20)23/h3-8,13,15,21H,9-12,14H2,1-2H3. The third kappa shape index (κ3) is 3.56. The smallest absolute Gasteiger partial charge is 0.0564 e. The van der Waals surface area contributed by atoms with Crippen molar-refractivity contribution >= 4 is 34.9 Å². The molecule has 0 saturated carbocycles. The highest BCUT2D eigenvalue weighted by atomic mass is 32.2. The first-order valence-corrected chi connectivity index (χ1v) is 10.9. The first kappa shape index (κ1) is 17.3. The first-order valence-electron chi connectivity index (χ1n) is 8.89. The Labute approximate surface area is 159 Å². The van der Waals surface area contributed by atoms with Gasteiger partial charge in [-0.1, -0.05) is 23.9 Å². The van der Waals surface area contributed by atoms with E-state index in [0.717, 1.165) is 26.2 Å². The van der Waals surface area contributed by atoms with Crippen LogP contribution < -0.4 is 10.2 Å². The van der Waals surface area contributed by atoms with E-state index in [2.05, 4.69) is 70.9 Å². The summed E-state index contributed by atoms with van der Waals surface area (Å²) in [7, 11) is 2.26. The van der Waals surface area contributed by atoms with E-state index in [1.54, 1.807) is 0 Å². The summed E-state index contributed by atoms with van der Waals surface area (Å²) in [6.07, 6.45) is 3.32. The number of para-hydroxylation sites is 1. The fourth-order valence-electron chi connectivity index (χ4n) is 3.64. The average molecular weight is 372 g/mol.